The van der Waals surface area contributed by atoms with E-state index in [0.29, 0.717) is 6.54 Å². The molecule has 1 atom stereocenters. The molecule has 1 unspecified atom stereocenters. The van der Waals surface area contributed by atoms with E-state index >= 15 is 0 Å². The summed E-state index contributed by atoms with van der Waals surface area (Å²) in [5.74, 6) is 0.130. The SMILES string of the molecule is CCN(CC)C(C)n1c2ccccc2c2c3c(ccc21)C(=O)N(C)C3. The van der Waals surface area contributed by atoms with Gasteiger partial charge in [0.2, 0.25) is 0 Å². The Morgan fingerprint density at radius 3 is 2.52 bits per heavy atom. The van der Waals surface area contributed by atoms with Gasteiger partial charge in [-0.2, -0.15) is 0 Å². The fourth-order valence-electron chi connectivity index (χ4n) is 4.36. The van der Waals surface area contributed by atoms with Crippen molar-refractivity contribution in [2.24, 2.45) is 0 Å². The number of carbonyl (C=O) groups excluding carboxylic acids is 1. The summed E-state index contributed by atoms with van der Waals surface area (Å²) in [7, 11) is 1.88. The maximum atomic E-state index is 12.4. The van der Waals surface area contributed by atoms with Crippen LogP contribution in [0.15, 0.2) is 36.4 Å². The van der Waals surface area contributed by atoms with Crippen LogP contribution in [-0.4, -0.2) is 40.4 Å². The van der Waals surface area contributed by atoms with Gasteiger partial charge in [0.05, 0.1) is 17.2 Å². The van der Waals surface area contributed by atoms with E-state index in [0.717, 1.165) is 18.7 Å². The third-order valence-corrected chi connectivity index (χ3v) is 5.67. The average molecular weight is 335 g/mol. The zero-order chi connectivity index (χ0) is 17.7. The van der Waals surface area contributed by atoms with Gasteiger partial charge in [0.25, 0.3) is 5.91 Å². The first-order valence-corrected chi connectivity index (χ1v) is 9.12. The van der Waals surface area contributed by atoms with Crippen molar-refractivity contribution in [2.75, 3.05) is 20.1 Å². The minimum Gasteiger partial charge on any atom is -0.337 e. The summed E-state index contributed by atoms with van der Waals surface area (Å²) >= 11 is 0. The number of para-hydroxylation sites is 1. The van der Waals surface area contributed by atoms with E-state index in [-0.39, 0.29) is 12.1 Å². The molecule has 0 fully saturated rings. The molecule has 0 saturated heterocycles. The Labute approximate surface area is 148 Å². The Hall–Kier alpha value is -2.33. The number of hydrogen-bond acceptors (Lipinski definition) is 2. The van der Waals surface area contributed by atoms with Gasteiger partial charge in [0.15, 0.2) is 0 Å². The summed E-state index contributed by atoms with van der Waals surface area (Å²) in [6.07, 6.45) is 0.269. The molecule has 0 N–H and O–H groups in total. The summed E-state index contributed by atoms with van der Waals surface area (Å²) in [5, 5.41) is 2.49. The molecule has 0 bridgehead atoms. The number of aromatic nitrogens is 1. The Bertz CT molecular complexity index is 968. The summed E-state index contributed by atoms with van der Waals surface area (Å²) in [6.45, 7) is 9.40. The van der Waals surface area contributed by atoms with Gasteiger partial charge in [-0.25, -0.2) is 0 Å². The Morgan fingerprint density at radius 1 is 1.08 bits per heavy atom. The minimum atomic E-state index is 0.130. The van der Waals surface area contributed by atoms with E-state index in [9.17, 15) is 4.79 Å². The second-order valence-electron chi connectivity index (χ2n) is 6.89. The van der Waals surface area contributed by atoms with Gasteiger partial charge in [-0.05, 0) is 43.8 Å². The van der Waals surface area contributed by atoms with Crippen molar-refractivity contribution in [2.45, 2.75) is 33.5 Å². The quantitative estimate of drug-likeness (QED) is 0.713. The molecule has 1 amide bonds. The fourth-order valence-corrected chi connectivity index (χ4v) is 4.36. The van der Waals surface area contributed by atoms with Crippen LogP contribution in [0.25, 0.3) is 21.8 Å². The van der Waals surface area contributed by atoms with Crippen molar-refractivity contribution in [1.82, 2.24) is 14.4 Å². The molecule has 4 nitrogen and oxygen atoms in total. The maximum absolute atomic E-state index is 12.4. The van der Waals surface area contributed by atoms with Crippen molar-refractivity contribution in [1.29, 1.82) is 0 Å². The van der Waals surface area contributed by atoms with Crippen LogP contribution in [0.5, 0.6) is 0 Å². The summed E-state index contributed by atoms with van der Waals surface area (Å²) in [5.41, 5.74) is 4.50. The predicted molar refractivity (Wildman–Crippen MR) is 103 cm³/mol. The van der Waals surface area contributed by atoms with Crippen molar-refractivity contribution in [3.63, 3.8) is 0 Å². The lowest BCUT2D eigenvalue weighted by Gasteiger charge is -2.29. The molecule has 130 valence electrons. The van der Waals surface area contributed by atoms with Gasteiger partial charge in [0.1, 0.15) is 0 Å². The number of amides is 1. The molecule has 0 spiro atoms. The molecule has 25 heavy (non-hydrogen) atoms. The highest BCUT2D eigenvalue weighted by Gasteiger charge is 2.29. The second kappa shape index (κ2) is 5.88. The molecule has 0 radical (unpaired) electrons. The highest BCUT2D eigenvalue weighted by molar-refractivity contribution is 6.14. The van der Waals surface area contributed by atoms with E-state index in [1.54, 1.807) is 0 Å². The first kappa shape index (κ1) is 16.2. The monoisotopic (exact) mass is 335 g/mol. The van der Waals surface area contributed by atoms with Crippen LogP contribution in [0.4, 0.5) is 0 Å². The number of fused-ring (bicyclic) bond motifs is 5. The van der Waals surface area contributed by atoms with Gasteiger partial charge < -0.3 is 9.47 Å². The lowest BCUT2D eigenvalue weighted by Crippen LogP contribution is -2.30. The third kappa shape index (κ3) is 2.20. The van der Waals surface area contributed by atoms with Crippen LogP contribution in [0, 0.1) is 0 Å². The third-order valence-electron chi connectivity index (χ3n) is 5.67. The lowest BCUT2D eigenvalue weighted by molar-refractivity contribution is 0.0816. The van der Waals surface area contributed by atoms with Crippen LogP contribution >= 0.6 is 0 Å². The predicted octanol–water partition coefficient (Wildman–Crippen LogP) is 4.24. The van der Waals surface area contributed by atoms with Gasteiger partial charge in [0, 0.05) is 29.9 Å². The Morgan fingerprint density at radius 2 is 1.80 bits per heavy atom. The second-order valence-corrected chi connectivity index (χ2v) is 6.89. The van der Waals surface area contributed by atoms with E-state index < -0.39 is 0 Å². The number of benzene rings is 2. The molecule has 1 aliphatic rings. The topological polar surface area (TPSA) is 28.5 Å². The molecular weight excluding hydrogens is 310 g/mol. The van der Waals surface area contributed by atoms with Crippen LogP contribution in [0.2, 0.25) is 0 Å². The molecule has 3 aromatic rings. The zero-order valence-corrected chi connectivity index (χ0v) is 15.4. The highest BCUT2D eigenvalue weighted by atomic mass is 16.2. The van der Waals surface area contributed by atoms with Gasteiger partial charge >= 0.3 is 0 Å². The number of nitrogens with zero attached hydrogens (tertiary/aromatic N) is 3. The Balaban J connectivity index is 2.07. The lowest BCUT2D eigenvalue weighted by atomic mass is 10.0. The fraction of sp³-hybridized carbons (Fsp3) is 0.381. The minimum absolute atomic E-state index is 0.130. The largest absolute Gasteiger partial charge is 0.337 e. The molecule has 1 aliphatic heterocycles. The molecular formula is C21H25N3O. The molecule has 4 heteroatoms. The van der Waals surface area contributed by atoms with E-state index in [1.165, 1.54) is 27.4 Å². The van der Waals surface area contributed by atoms with E-state index in [2.05, 4.69) is 60.6 Å². The smallest absolute Gasteiger partial charge is 0.254 e. The summed E-state index contributed by atoms with van der Waals surface area (Å²) in [4.78, 5) is 16.7. The van der Waals surface area contributed by atoms with Crippen molar-refractivity contribution >= 4 is 27.7 Å². The first-order chi connectivity index (χ1) is 12.1. The van der Waals surface area contributed by atoms with Crippen LogP contribution < -0.4 is 0 Å². The van der Waals surface area contributed by atoms with Crippen LogP contribution in [0.1, 0.15) is 42.9 Å². The standard InChI is InChI=1S/C21H25N3O/c1-5-23(6-2)14(3)24-18-10-8-7-9-16(18)20-17-13-22(4)21(25)15(17)11-12-19(20)24/h7-12,14H,5-6,13H2,1-4H3. The van der Waals surface area contributed by atoms with E-state index in [1.807, 2.05) is 18.0 Å². The average Bonchev–Trinajstić information content (AvgIpc) is 3.11. The molecule has 2 aromatic carbocycles. The van der Waals surface area contributed by atoms with E-state index in [4.69, 9.17) is 0 Å². The highest BCUT2D eigenvalue weighted by Crippen LogP contribution is 2.38. The molecule has 0 aliphatic carbocycles. The number of hydrogen-bond donors (Lipinski definition) is 0. The summed E-state index contributed by atoms with van der Waals surface area (Å²) in [6, 6.07) is 12.7. The number of carbonyl (C=O) groups is 1. The number of rotatable bonds is 4. The zero-order valence-electron chi connectivity index (χ0n) is 15.4. The Kier molecular flexibility index (Phi) is 3.80. The normalized spacial score (nSPS) is 15.6. The maximum Gasteiger partial charge on any atom is 0.254 e. The molecule has 0 saturated carbocycles. The van der Waals surface area contributed by atoms with Crippen molar-refractivity contribution in [3.05, 3.63) is 47.5 Å². The first-order valence-electron chi connectivity index (χ1n) is 9.12. The van der Waals surface area contributed by atoms with Crippen molar-refractivity contribution in [3.8, 4) is 0 Å². The molecule has 4 rings (SSSR count). The molecule has 1 aromatic heterocycles. The molecule has 2 heterocycles. The van der Waals surface area contributed by atoms with Gasteiger partial charge in [-0.15, -0.1) is 0 Å². The van der Waals surface area contributed by atoms with Crippen LogP contribution in [-0.2, 0) is 6.54 Å². The van der Waals surface area contributed by atoms with Crippen LogP contribution in [0.3, 0.4) is 0 Å². The summed E-state index contributed by atoms with van der Waals surface area (Å²) < 4.78 is 2.43. The van der Waals surface area contributed by atoms with Gasteiger partial charge in [-0.1, -0.05) is 32.0 Å². The van der Waals surface area contributed by atoms with Gasteiger partial charge in [-0.3, -0.25) is 9.69 Å². The van der Waals surface area contributed by atoms with Crippen molar-refractivity contribution < 1.29 is 4.79 Å².